The minimum Gasteiger partial charge on any atom is -0.311 e. The minimum absolute atomic E-state index is 1.10. The van der Waals surface area contributed by atoms with E-state index in [2.05, 4.69) is 615 Å². The van der Waals surface area contributed by atoms with Crippen molar-refractivity contribution in [1.29, 1.82) is 0 Å². The summed E-state index contributed by atoms with van der Waals surface area (Å²) in [5.74, 6) is 0. The van der Waals surface area contributed by atoms with Crippen molar-refractivity contribution in [3.63, 3.8) is 0 Å². The highest BCUT2D eigenvalue weighted by Gasteiger charge is 2.22. The first-order valence-electron chi connectivity index (χ1n) is 49.0. The Bertz CT molecular complexity index is 8240. The molecule has 3 nitrogen and oxygen atoms in total. The highest BCUT2D eigenvalue weighted by atomic mass is 15.2. The van der Waals surface area contributed by atoms with E-state index in [1.807, 2.05) is 0 Å². The fraction of sp³-hybridized carbons (Fsp3) is 0. The summed E-state index contributed by atoms with van der Waals surface area (Å²) in [5, 5.41) is 12.5. The largest absolute Gasteiger partial charge is 0.311 e. The number of fused-ring (bicyclic) bond motifs is 5. The Balaban J connectivity index is 0.000000122. The Kier molecular flexibility index (Phi) is 25.2. The third-order valence-electron chi connectivity index (χ3n) is 27.3. The molecule has 0 aliphatic carbocycles. The summed E-state index contributed by atoms with van der Waals surface area (Å²) >= 11 is 0. The Labute approximate surface area is 836 Å². The van der Waals surface area contributed by atoms with Crippen LogP contribution in [0.4, 0.5) is 51.2 Å². The van der Waals surface area contributed by atoms with Gasteiger partial charge in [0.1, 0.15) is 0 Å². The van der Waals surface area contributed by atoms with Crippen LogP contribution in [0.5, 0.6) is 0 Å². The Hall–Kier alpha value is -18.8. The summed E-state index contributed by atoms with van der Waals surface area (Å²) < 4.78 is 0. The molecular formula is C140H99N3. The van der Waals surface area contributed by atoms with Crippen molar-refractivity contribution in [2.75, 3.05) is 14.7 Å². The molecule has 0 bridgehead atoms. The lowest BCUT2D eigenvalue weighted by Gasteiger charge is -2.27. The quantitative estimate of drug-likeness (QED) is 0.0753. The zero-order chi connectivity index (χ0) is 95.4. The second-order valence-corrected chi connectivity index (χ2v) is 36.2. The average molecular weight is 1820 g/mol. The van der Waals surface area contributed by atoms with Crippen LogP contribution in [0.15, 0.2) is 601 Å². The number of rotatable bonds is 20. The van der Waals surface area contributed by atoms with Gasteiger partial charge in [-0.15, -0.1) is 0 Å². The third kappa shape index (κ3) is 19.2. The van der Waals surface area contributed by atoms with Crippen molar-refractivity contribution >= 4 is 105 Å². The van der Waals surface area contributed by atoms with Crippen LogP contribution < -0.4 is 14.7 Å². The van der Waals surface area contributed by atoms with Crippen molar-refractivity contribution in [3.05, 3.63) is 601 Å². The molecule has 0 N–H and O–H groups in total. The molecular weight excluding hydrogens is 1720 g/mol. The van der Waals surface area contributed by atoms with E-state index in [0.717, 1.165) is 51.2 Å². The molecule has 0 radical (unpaired) electrons. The predicted octanol–water partition coefficient (Wildman–Crippen LogP) is 39.6. The molecule has 0 aliphatic rings. The van der Waals surface area contributed by atoms with Gasteiger partial charge in [0.25, 0.3) is 0 Å². The van der Waals surface area contributed by atoms with Crippen molar-refractivity contribution in [1.82, 2.24) is 0 Å². The molecule has 3 heteroatoms. The molecule has 25 aromatic carbocycles. The predicted molar refractivity (Wildman–Crippen MR) is 611 cm³/mol. The summed E-state index contributed by atoms with van der Waals surface area (Å²) in [4.78, 5) is 7.11. The summed E-state index contributed by atoms with van der Waals surface area (Å²) in [7, 11) is 0. The van der Waals surface area contributed by atoms with Crippen molar-refractivity contribution in [2.45, 2.75) is 0 Å². The van der Waals surface area contributed by atoms with Gasteiger partial charge in [0.15, 0.2) is 0 Å². The average Bonchev–Trinajstić information content (AvgIpc) is 0.798. The van der Waals surface area contributed by atoms with Crippen molar-refractivity contribution < 1.29 is 0 Å². The first kappa shape index (κ1) is 88.2. The lowest BCUT2D eigenvalue weighted by Crippen LogP contribution is -2.10. The van der Waals surface area contributed by atoms with Crippen molar-refractivity contribution in [2.24, 2.45) is 0 Å². The van der Waals surface area contributed by atoms with Crippen LogP contribution in [0.25, 0.3) is 176 Å². The van der Waals surface area contributed by atoms with E-state index >= 15 is 0 Å². The highest BCUT2D eigenvalue weighted by molar-refractivity contribution is 6.03. The fourth-order valence-corrected chi connectivity index (χ4v) is 20.2. The molecule has 0 aromatic heterocycles. The van der Waals surface area contributed by atoms with Crippen LogP contribution in [-0.4, -0.2) is 0 Å². The van der Waals surface area contributed by atoms with E-state index in [9.17, 15) is 0 Å². The lowest BCUT2D eigenvalue weighted by molar-refractivity contribution is 1.28. The molecule has 0 fully saturated rings. The first-order valence-corrected chi connectivity index (χ1v) is 49.0. The molecule has 25 aromatic rings. The maximum atomic E-state index is 2.40. The van der Waals surface area contributed by atoms with Crippen molar-refractivity contribution in [3.8, 4) is 122 Å². The Morgan fingerprint density at radius 3 is 0.580 bits per heavy atom. The highest BCUT2D eigenvalue weighted by Crippen LogP contribution is 2.47. The summed E-state index contributed by atoms with van der Waals surface area (Å²) in [5.41, 5.74) is 36.5. The van der Waals surface area contributed by atoms with E-state index in [-0.39, 0.29) is 0 Å². The van der Waals surface area contributed by atoms with Gasteiger partial charge in [-0.2, -0.15) is 0 Å². The van der Waals surface area contributed by atoms with Gasteiger partial charge >= 0.3 is 0 Å². The Morgan fingerprint density at radius 2 is 0.273 bits per heavy atom. The summed E-state index contributed by atoms with van der Waals surface area (Å²) in [6, 6.07) is 216. The molecule has 0 atom stereocenters. The zero-order valence-corrected chi connectivity index (χ0v) is 79.0. The van der Waals surface area contributed by atoms with E-state index in [4.69, 9.17) is 0 Å². The third-order valence-corrected chi connectivity index (χ3v) is 27.3. The Morgan fingerprint density at radius 1 is 0.0839 bits per heavy atom. The number of hydrogen-bond donors (Lipinski definition) is 0. The number of hydrogen-bond acceptors (Lipinski definition) is 3. The van der Waals surface area contributed by atoms with Gasteiger partial charge in [-0.1, -0.05) is 467 Å². The lowest BCUT2D eigenvalue weighted by atomic mass is 9.93. The van der Waals surface area contributed by atoms with Crippen LogP contribution >= 0.6 is 0 Å². The van der Waals surface area contributed by atoms with Gasteiger partial charge in [-0.3, -0.25) is 0 Å². The molecule has 0 heterocycles. The van der Waals surface area contributed by atoms with Crippen LogP contribution in [0, 0.1) is 0 Å². The van der Waals surface area contributed by atoms with Gasteiger partial charge in [0, 0.05) is 51.2 Å². The van der Waals surface area contributed by atoms with Crippen LogP contribution in [-0.2, 0) is 0 Å². The van der Waals surface area contributed by atoms with Crippen LogP contribution in [0.3, 0.4) is 0 Å². The molecule has 674 valence electrons. The molecule has 25 rings (SSSR count). The van der Waals surface area contributed by atoms with Crippen LogP contribution in [0.1, 0.15) is 0 Å². The molecule has 0 amide bonds. The maximum absolute atomic E-state index is 2.40. The van der Waals surface area contributed by atoms with Gasteiger partial charge in [-0.05, 0) is 310 Å². The summed E-state index contributed by atoms with van der Waals surface area (Å²) in [6.45, 7) is 0. The molecule has 0 spiro atoms. The van der Waals surface area contributed by atoms with E-state index < -0.39 is 0 Å². The number of nitrogens with zero attached hydrogens (tertiary/aromatic N) is 3. The SMILES string of the molecule is c1cc(-c2cccc3ccccc23)cc(N(c2cccc(-c3cccc4ccccc34)c2)c2cccc(-c3cccc4ccccc34)c2)c1.c1ccc(-c2cc(-c3ccccc3)cc(-c3ccc(N(c4ccc(-c5ccc6ccccc6c5)cc4)c4ccc(-c5cccc6ccccc56)cc4)cc3)c2)cc1.c1ccc(-c2cccc(N(c3cccc(-c4ccccc4)c3)c3cccc(-c4ccccc4)c3)c2)cc1. The normalized spacial score (nSPS) is 11.1. The maximum Gasteiger partial charge on any atom is 0.0467 e. The van der Waals surface area contributed by atoms with Crippen LogP contribution in [0.2, 0.25) is 0 Å². The summed E-state index contributed by atoms with van der Waals surface area (Å²) in [6.07, 6.45) is 0. The molecule has 143 heavy (non-hydrogen) atoms. The fourth-order valence-electron chi connectivity index (χ4n) is 20.2. The zero-order valence-electron chi connectivity index (χ0n) is 79.0. The smallest absolute Gasteiger partial charge is 0.0467 e. The van der Waals surface area contributed by atoms with Gasteiger partial charge in [0.05, 0.1) is 0 Å². The first-order chi connectivity index (χ1) is 70.9. The topological polar surface area (TPSA) is 9.72 Å². The second kappa shape index (κ2) is 40.9. The molecule has 0 aliphatic heterocycles. The number of anilines is 9. The second-order valence-electron chi connectivity index (χ2n) is 36.2. The van der Waals surface area contributed by atoms with E-state index in [0.29, 0.717) is 0 Å². The molecule has 0 unspecified atom stereocenters. The van der Waals surface area contributed by atoms with Gasteiger partial charge < -0.3 is 14.7 Å². The minimum atomic E-state index is 1.10. The van der Waals surface area contributed by atoms with Gasteiger partial charge in [0.2, 0.25) is 0 Å². The molecule has 0 saturated carbocycles. The van der Waals surface area contributed by atoms with Gasteiger partial charge in [-0.25, -0.2) is 0 Å². The number of benzene rings is 25. The monoisotopic (exact) mass is 1820 g/mol. The standard InChI is InChI=1S/C56H39N.C48H33N.C36H27N/c1-3-12-40(13-4-1)49-37-50(41-14-5-2-6-15-41)39-51(38-49)44-26-32-53(33-27-44)57(52-30-24-43(25-31-52)48-23-22-42-16-7-8-18-47(42)36-48)54-34-28-46(29-35-54)56-21-11-19-45-17-9-10-20-55(45)56;1-4-25-43-34(13-1)16-10-28-46(43)37-19-7-22-40(31-37)49(41-23-8-20-38(32-41)47-29-11-17-35-14-2-5-26-44(35)47)42-24-9-21-39(33-42)48-30-12-18-36-15-3-6-27-45(36)48;1-4-13-28(14-5-1)31-19-10-22-34(25-31)37(35-23-11-20-32(26-35)29-15-6-2-7-16-29)36-24-12-21-33(27-36)30-17-8-3-9-18-30/h1-39H;1-33H;1-27H. The van der Waals surface area contributed by atoms with E-state index in [1.54, 1.807) is 0 Å². The van der Waals surface area contributed by atoms with E-state index in [1.165, 1.54) is 176 Å². The molecule has 0 saturated heterocycles.